The van der Waals surface area contributed by atoms with E-state index in [1.54, 1.807) is 24.3 Å². The zero-order valence-electron chi connectivity index (χ0n) is 14.8. The van der Waals surface area contributed by atoms with Gasteiger partial charge in [-0.25, -0.2) is 0 Å². The van der Waals surface area contributed by atoms with E-state index in [9.17, 15) is 9.59 Å². The van der Waals surface area contributed by atoms with Crippen LogP contribution in [0.5, 0.6) is 0 Å². The predicted octanol–water partition coefficient (Wildman–Crippen LogP) is 2.58. The molecule has 1 fully saturated rings. The average molecular weight is 385 g/mol. The summed E-state index contributed by atoms with van der Waals surface area (Å²) in [5.74, 6) is -0.192. The SMILES string of the molecule is COCC(=O)N1CCC[C@@H]1c1ccc(C(=O)Nc2ccc3n[nH]nc3c2)s1. The molecule has 9 heteroatoms. The lowest BCUT2D eigenvalue weighted by molar-refractivity contribution is -0.136. The summed E-state index contributed by atoms with van der Waals surface area (Å²) in [4.78, 5) is 28.3. The first-order valence-corrected chi connectivity index (χ1v) is 9.47. The Hall–Kier alpha value is -2.78. The number of amides is 2. The van der Waals surface area contributed by atoms with E-state index in [1.165, 1.54) is 18.4 Å². The van der Waals surface area contributed by atoms with Gasteiger partial charge in [0.25, 0.3) is 5.91 Å². The number of hydrogen-bond donors (Lipinski definition) is 2. The zero-order chi connectivity index (χ0) is 18.8. The number of aromatic nitrogens is 3. The van der Waals surface area contributed by atoms with Gasteiger partial charge < -0.3 is 15.0 Å². The standard InChI is InChI=1S/C18H19N5O3S/c1-26-10-17(24)23-8-2-3-14(23)15-6-7-16(27-15)18(25)19-11-4-5-12-13(9-11)21-22-20-12/h4-7,9,14H,2-3,8,10H2,1H3,(H,19,25)(H,20,21,22)/t14-/m1/s1. The maximum absolute atomic E-state index is 12.6. The topological polar surface area (TPSA) is 100 Å². The minimum Gasteiger partial charge on any atom is -0.375 e. The number of rotatable bonds is 5. The van der Waals surface area contributed by atoms with Crippen molar-refractivity contribution < 1.29 is 14.3 Å². The number of H-pyrrole nitrogens is 1. The normalized spacial score (nSPS) is 16.8. The lowest BCUT2D eigenvalue weighted by atomic mass is 10.2. The van der Waals surface area contributed by atoms with Gasteiger partial charge in [-0.3, -0.25) is 9.59 Å². The molecule has 2 amide bonds. The van der Waals surface area contributed by atoms with Crippen LogP contribution in [0.25, 0.3) is 11.0 Å². The van der Waals surface area contributed by atoms with E-state index >= 15 is 0 Å². The maximum atomic E-state index is 12.6. The Morgan fingerprint density at radius 3 is 3.00 bits per heavy atom. The van der Waals surface area contributed by atoms with Crippen molar-refractivity contribution in [3.05, 3.63) is 40.1 Å². The molecule has 3 heterocycles. The predicted molar refractivity (Wildman–Crippen MR) is 102 cm³/mol. The molecule has 0 saturated carbocycles. The molecule has 2 aromatic heterocycles. The third-order valence-corrected chi connectivity index (χ3v) is 5.78. The number of hydrogen-bond acceptors (Lipinski definition) is 6. The third kappa shape index (κ3) is 3.56. The van der Waals surface area contributed by atoms with Gasteiger partial charge in [-0.2, -0.15) is 15.4 Å². The highest BCUT2D eigenvalue weighted by Gasteiger charge is 2.31. The summed E-state index contributed by atoms with van der Waals surface area (Å²) in [6, 6.07) is 9.12. The summed E-state index contributed by atoms with van der Waals surface area (Å²) in [6.45, 7) is 0.809. The highest BCUT2D eigenvalue weighted by molar-refractivity contribution is 7.14. The fourth-order valence-electron chi connectivity index (χ4n) is 3.33. The molecule has 8 nitrogen and oxygen atoms in total. The van der Waals surface area contributed by atoms with Crippen LogP contribution in [0, 0.1) is 0 Å². The number of carbonyl (C=O) groups excluding carboxylic acids is 2. The number of ether oxygens (including phenoxy) is 1. The minimum atomic E-state index is -0.179. The Bertz CT molecular complexity index is 982. The lowest BCUT2D eigenvalue weighted by Gasteiger charge is -2.23. The number of nitrogens with one attached hydrogen (secondary N) is 2. The summed E-state index contributed by atoms with van der Waals surface area (Å²) in [5, 5.41) is 13.5. The first kappa shape index (κ1) is 17.6. The summed E-state index contributed by atoms with van der Waals surface area (Å²) in [6.07, 6.45) is 1.86. The summed E-state index contributed by atoms with van der Waals surface area (Å²) in [7, 11) is 1.52. The lowest BCUT2D eigenvalue weighted by Crippen LogP contribution is -2.32. The van der Waals surface area contributed by atoms with Crippen LogP contribution in [0.1, 0.15) is 33.4 Å². The number of benzene rings is 1. The second-order valence-corrected chi connectivity index (χ2v) is 7.48. The molecule has 1 atom stereocenters. The highest BCUT2D eigenvalue weighted by atomic mass is 32.1. The van der Waals surface area contributed by atoms with E-state index in [4.69, 9.17) is 4.74 Å². The van der Waals surface area contributed by atoms with Gasteiger partial charge in [-0.05, 0) is 43.2 Å². The fourth-order valence-corrected chi connectivity index (χ4v) is 4.38. The van der Waals surface area contributed by atoms with E-state index in [-0.39, 0.29) is 24.5 Å². The van der Waals surface area contributed by atoms with Crippen LogP contribution in [0.15, 0.2) is 30.3 Å². The van der Waals surface area contributed by atoms with Crippen molar-refractivity contribution in [2.24, 2.45) is 0 Å². The zero-order valence-corrected chi connectivity index (χ0v) is 15.6. The Balaban J connectivity index is 1.48. The number of anilines is 1. The van der Waals surface area contributed by atoms with Crippen molar-refractivity contribution in [3.8, 4) is 0 Å². The van der Waals surface area contributed by atoms with Crippen molar-refractivity contribution >= 4 is 39.9 Å². The van der Waals surface area contributed by atoms with Gasteiger partial charge >= 0.3 is 0 Å². The van der Waals surface area contributed by atoms with Crippen molar-refractivity contribution in [2.45, 2.75) is 18.9 Å². The van der Waals surface area contributed by atoms with Crippen LogP contribution in [0.4, 0.5) is 5.69 Å². The quantitative estimate of drug-likeness (QED) is 0.703. The molecule has 0 spiro atoms. The average Bonchev–Trinajstić information content (AvgIpc) is 3.40. The molecule has 0 radical (unpaired) electrons. The number of thiophene rings is 1. The molecule has 0 unspecified atom stereocenters. The van der Waals surface area contributed by atoms with Crippen LogP contribution in [0.2, 0.25) is 0 Å². The number of fused-ring (bicyclic) bond motifs is 1. The molecule has 0 aliphatic carbocycles. The maximum Gasteiger partial charge on any atom is 0.265 e. The van der Waals surface area contributed by atoms with Crippen molar-refractivity contribution in [1.29, 1.82) is 0 Å². The van der Waals surface area contributed by atoms with Crippen molar-refractivity contribution in [1.82, 2.24) is 20.3 Å². The highest BCUT2D eigenvalue weighted by Crippen LogP contribution is 2.36. The molecule has 1 aliphatic rings. The van der Waals surface area contributed by atoms with E-state index in [0.717, 1.165) is 29.8 Å². The molecule has 4 rings (SSSR count). The second-order valence-electron chi connectivity index (χ2n) is 6.36. The number of carbonyl (C=O) groups is 2. The largest absolute Gasteiger partial charge is 0.375 e. The fraction of sp³-hybridized carbons (Fsp3) is 0.333. The minimum absolute atomic E-state index is 0.0136. The smallest absolute Gasteiger partial charge is 0.265 e. The summed E-state index contributed by atoms with van der Waals surface area (Å²) in [5.41, 5.74) is 2.10. The van der Waals surface area contributed by atoms with Gasteiger partial charge in [0, 0.05) is 24.2 Å². The molecule has 3 aromatic rings. The molecular formula is C18H19N5O3S. The van der Waals surface area contributed by atoms with Crippen LogP contribution < -0.4 is 5.32 Å². The Morgan fingerprint density at radius 2 is 2.15 bits per heavy atom. The van der Waals surface area contributed by atoms with Crippen molar-refractivity contribution in [3.63, 3.8) is 0 Å². The third-order valence-electron chi connectivity index (χ3n) is 4.59. The molecule has 140 valence electrons. The van der Waals surface area contributed by atoms with E-state index in [2.05, 4.69) is 20.7 Å². The molecule has 2 N–H and O–H groups in total. The van der Waals surface area contributed by atoms with E-state index in [0.29, 0.717) is 16.1 Å². The molecule has 1 aromatic carbocycles. The van der Waals surface area contributed by atoms with Gasteiger partial charge in [0.2, 0.25) is 5.91 Å². The van der Waals surface area contributed by atoms with Gasteiger partial charge in [0.1, 0.15) is 17.6 Å². The molecule has 1 saturated heterocycles. The van der Waals surface area contributed by atoms with Gasteiger partial charge in [0.15, 0.2) is 0 Å². The first-order valence-electron chi connectivity index (χ1n) is 8.66. The number of methoxy groups -OCH3 is 1. The first-order chi connectivity index (χ1) is 13.2. The second kappa shape index (κ2) is 7.45. The van der Waals surface area contributed by atoms with E-state index in [1.807, 2.05) is 11.0 Å². The van der Waals surface area contributed by atoms with E-state index < -0.39 is 0 Å². The monoisotopic (exact) mass is 385 g/mol. The molecule has 0 bridgehead atoms. The van der Waals surface area contributed by atoms with Crippen LogP contribution >= 0.6 is 11.3 Å². The number of aromatic amines is 1. The van der Waals surface area contributed by atoms with Crippen LogP contribution in [-0.4, -0.2) is 52.4 Å². The van der Waals surface area contributed by atoms with Crippen molar-refractivity contribution in [2.75, 3.05) is 25.6 Å². The Morgan fingerprint density at radius 1 is 1.30 bits per heavy atom. The Kier molecular flexibility index (Phi) is 4.87. The summed E-state index contributed by atoms with van der Waals surface area (Å²) < 4.78 is 4.97. The molecule has 27 heavy (non-hydrogen) atoms. The van der Waals surface area contributed by atoms with Gasteiger partial charge in [-0.1, -0.05) is 0 Å². The summed E-state index contributed by atoms with van der Waals surface area (Å²) >= 11 is 1.42. The number of nitrogens with zero attached hydrogens (tertiary/aromatic N) is 3. The van der Waals surface area contributed by atoms with Gasteiger partial charge in [0.05, 0.1) is 10.9 Å². The van der Waals surface area contributed by atoms with Gasteiger partial charge in [-0.15, -0.1) is 11.3 Å². The number of likely N-dealkylation sites (tertiary alicyclic amines) is 1. The van der Waals surface area contributed by atoms with Crippen LogP contribution in [0.3, 0.4) is 0 Å². The Labute approximate surface area is 159 Å². The van der Waals surface area contributed by atoms with Crippen LogP contribution in [-0.2, 0) is 9.53 Å². The molecule has 1 aliphatic heterocycles. The molecular weight excluding hydrogens is 366 g/mol.